The van der Waals surface area contributed by atoms with E-state index in [0.29, 0.717) is 6.42 Å². The maximum Gasteiger partial charge on any atom is 0.303 e. The summed E-state index contributed by atoms with van der Waals surface area (Å²) >= 11 is 0. The van der Waals surface area contributed by atoms with E-state index in [2.05, 4.69) is 6.58 Å². The van der Waals surface area contributed by atoms with Gasteiger partial charge >= 0.3 is 5.97 Å². The molecule has 0 aliphatic heterocycles. The molecule has 0 aliphatic carbocycles. The first kappa shape index (κ1) is 10.5. The third-order valence-corrected chi connectivity index (χ3v) is 2.14. The highest BCUT2D eigenvalue weighted by atomic mass is 16.4. The molecule has 0 aromatic heterocycles. The second kappa shape index (κ2) is 5.22. The quantitative estimate of drug-likeness (QED) is 0.725. The minimum atomic E-state index is -0.763. The number of rotatable bonds is 5. The zero-order chi connectivity index (χ0) is 10.4. The van der Waals surface area contributed by atoms with Gasteiger partial charge in [-0.3, -0.25) is 4.79 Å². The van der Waals surface area contributed by atoms with Gasteiger partial charge in [-0.25, -0.2) is 0 Å². The van der Waals surface area contributed by atoms with Crippen LogP contribution in [0.1, 0.15) is 24.3 Å². The predicted octanol–water partition coefficient (Wildman–Crippen LogP) is 2.82. The Balaban J connectivity index is 2.77. The number of carboxylic acid groups (broad SMARTS) is 1. The Bertz CT molecular complexity index is 303. The topological polar surface area (TPSA) is 37.3 Å². The van der Waals surface area contributed by atoms with E-state index in [1.807, 2.05) is 30.3 Å². The third kappa shape index (κ3) is 3.05. The first-order valence-electron chi connectivity index (χ1n) is 4.61. The Hall–Kier alpha value is -1.57. The molecule has 0 radical (unpaired) electrons. The van der Waals surface area contributed by atoms with Gasteiger partial charge in [0.15, 0.2) is 0 Å². The summed E-state index contributed by atoms with van der Waals surface area (Å²) in [6.07, 6.45) is 2.63. The van der Waals surface area contributed by atoms with Crippen LogP contribution in [0.15, 0.2) is 43.0 Å². The molecular formula is C12H14O2. The number of aliphatic carboxylic acids is 1. The fourth-order valence-corrected chi connectivity index (χ4v) is 1.47. The van der Waals surface area contributed by atoms with Crippen LogP contribution in [0.2, 0.25) is 0 Å². The van der Waals surface area contributed by atoms with Crippen LogP contribution in [-0.4, -0.2) is 11.1 Å². The molecule has 0 amide bonds. The summed E-state index contributed by atoms with van der Waals surface area (Å²) in [5.74, 6) is -0.716. The lowest BCUT2D eigenvalue weighted by Crippen LogP contribution is -2.05. The minimum absolute atomic E-state index is 0.0474. The molecule has 2 nitrogen and oxygen atoms in total. The number of hydrogen-bond acceptors (Lipinski definition) is 1. The lowest BCUT2D eigenvalue weighted by atomic mass is 9.93. The molecule has 0 spiro atoms. The Kier molecular flexibility index (Phi) is 3.92. The van der Waals surface area contributed by atoms with Crippen molar-refractivity contribution in [2.45, 2.75) is 18.8 Å². The lowest BCUT2D eigenvalue weighted by molar-refractivity contribution is -0.137. The van der Waals surface area contributed by atoms with Crippen LogP contribution in [0.5, 0.6) is 0 Å². The maximum atomic E-state index is 10.6. The molecule has 0 bridgehead atoms. The van der Waals surface area contributed by atoms with Gasteiger partial charge in [0.1, 0.15) is 0 Å². The molecule has 1 N–H and O–H groups in total. The molecule has 14 heavy (non-hydrogen) atoms. The largest absolute Gasteiger partial charge is 0.481 e. The summed E-state index contributed by atoms with van der Waals surface area (Å²) in [6.45, 7) is 3.64. The molecule has 0 aliphatic rings. The SMILES string of the molecule is C=CC[C@@H](CC(=O)O)c1ccccc1. The van der Waals surface area contributed by atoms with Crippen molar-refractivity contribution in [1.29, 1.82) is 0 Å². The van der Waals surface area contributed by atoms with Crippen LogP contribution in [0.25, 0.3) is 0 Å². The van der Waals surface area contributed by atoms with Gasteiger partial charge in [-0.2, -0.15) is 0 Å². The molecular weight excluding hydrogens is 176 g/mol. The molecule has 74 valence electrons. The van der Waals surface area contributed by atoms with E-state index >= 15 is 0 Å². The van der Waals surface area contributed by atoms with E-state index in [1.165, 1.54) is 0 Å². The van der Waals surface area contributed by atoms with Crippen molar-refractivity contribution in [1.82, 2.24) is 0 Å². The molecule has 2 heteroatoms. The van der Waals surface area contributed by atoms with Gasteiger partial charge in [0.2, 0.25) is 0 Å². The Labute approximate surface area is 83.9 Å². The number of carboxylic acids is 1. The highest BCUT2D eigenvalue weighted by Crippen LogP contribution is 2.23. The summed E-state index contributed by atoms with van der Waals surface area (Å²) in [7, 11) is 0. The van der Waals surface area contributed by atoms with Gasteiger partial charge in [-0.1, -0.05) is 36.4 Å². The molecule has 0 saturated heterocycles. The molecule has 0 unspecified atom stereocenters. The average Bonchev–Trinajstić information content (AvgIpc) is 2.18. The molecule has 1 atom stereocenters. The van der Waals surface area contributed by atoms with Gasteiger partial charge in [0.05, 0.1) is 6.42 Å². The highest BCUT2D eigenvalue weighted by molar-refractivity contribution is 5.68. The van der Waals surface area contributed by atoms with Crippen LogP contribution in [0.3, 0.4) is 0 Å². The predicted molar refractivity (Wildman–Crippen MR) is 56.2 cm³/mol. The highest BCUT2D eigenvalue weighted by Gasteiger charge is 2.13. The smallest absolute Gasteiger partial charge is 0.303 e. The summed E-state index contributed by atoms with van der Waals surface area (Å²) in [6, 6.07) is 9.68. The standard InChI is InChI=1S/C12H14O2/c1-2-6-11(9-12(13)14)10-7-4-3-5-8-10/h2-5,7-8,11H,1,6,9H2,(H,13,14)/t11-/m0/s1. The van der Waals surface area contributed by atoms with Crippen LogP contribution in [0.4, 0.5) is 0 Å². The van der Waals surface area contributed by atoms with Crippen LogP contribution < -0.4 is 0 Å². The van der Waals surface area contributed by atoms with E-state index in [1.54, 1.807) is 6.08 Å². The minimum Gasteiger partial charge on any atom is -0.481 e. The van der Waals surface area contributed by atoms with Crippen LogP contribution in [-0.2, 0) is 4.79 Å². The molecule has 0 fully saturated rings. The summed E-state index contributed by atoms with van der Waals surface area (Å²) < 4.78 is 0. The normalized spacial score (nSPS) is 12.0. The van der Waals surface area contributed by atoms with Crippen LogP contribution in [0, 0.1) is 0 Å². The van der Waals surface area contributed by atoms with Crippen molar-refractivity contribution in [3.05, 3.63) is 48.6 Å². The number of allylic oxidation sites excluding steroid dienone is 1. The van der Waals surface area contributed by atoms with Crippen LogP contribution >= 0.6 is 0 Å². The summed E-state index contributed by atoms with van der Waals surface area (Å²) in [5.41, 5.74) is 1.06. The summed E-state index contributed by atoms with van der Waals surface area (Å²) in [4.78, 5) is 10.6. The molecule has 0 saturated carbocycles. The van der Waals surface area contributed by atoms with Gasteiger partial charge in [0.25, 0.3) is 0 Å². The molecule has 1 rings (SSSR count). The maximum absolute atomic E-state index is 10.6. The average molecular weight is 190 g/mol. The zero-order valence-electron chi connectivity index (χ0n) is 8.02. The van der Waals surface area contributed by atoms with E-state index < -0.39 is 5.97 Å². The first-order valence-corrected chi connectivity index (χ1v) is 4.61. The van der Waals surface area contributed by atoms with Gasteiger partial charge in [0, 0.05) is 0 Å². The fraction of sp³-hybridized carbons (Fsp3) is 0.250. The van der Waals surface area contributed by atoms with Gasteiger partial charge < -0.3 is 5.11 Å². The molecule has 1 aromatic rings. The lowest BCUT2D eigenvalue weighted by Gasteiger charge is -2.12. The molecule has 0 heterocycles. The Morgan fingerprint density at radius 2 is 2.07 bits per heavy atom. The Morgan fingerprint density at radius 3 is 2.57 bits per heavy atom. The van der Waals surface area contributed by atoms with Crippen molar-refractivity contribution < 1.29 is 9.90 Å². The second-order valence-corrected chi connectivity index (χ2v) is 3.23. The number of carbonyl (C=O) groups is 1. The monoisotopic (exact) mass is 190 g/mol. The van der Waals surface area contributed by atoms with Gasteiger partial charge in [-0.15, -0.1) is 6.58 Å². The van der Waals surface area contributed by atoms with Crippen molar-refractivity contribution in [2.75, 3.05) is 0 Å². The van der Waals surface area contributed by atoms with E-state index in [9.17, 15) is 4.79 Å². The number of benzene rings is 1. The number of hydrogen-bond donors (Lipinski definition) is 1. The molecule has 1 aromatic carbocycles. The zero-order valence-corrected chi connectivity index (χ0v) is 8.02. The van der Waals surface area contributed by atoms with Crippen molar-refractivity contribution >= 4 is 5.97 Å². The summed E-state index contributed by atoms with van der Waals surface area (Å²) in [5, 5.41) is 8.74. The van der Waals surface area contributed by atoms with Crippen molar-refractivity contribution in [2.24, 2.45) is 0 Å². The Morgan fingerprint density at radius 1 is 1.43 bits per heavy atom. The fourth-order valence-electron chi connectivity index (χ4n) is 1.47. The first-order chi connectivity index (χ1) is 6.74. The van der Waals surface area contributed by atoms with E-state index in [4.69, 9.17) is 5.11 Å². The third-order valence-electron chi connectivity index (χ3n) is 2.14. The second-order valence-electron chi connectivity index (χ2n) is 3.23. The van der Waals surface area contributed by atoms with Gasteiger partial charge in [-0.05, 0) is 17.9 Å². The van der Waals surface area contributed by atoms with E-state index in [0.717, 1.165) is 5.56 Å². The van der Waals surface area contributed by atoms with E-state index in [-0.39, 0.29) is 12.3 Å². The van der Waals surface area contributed by atoms with Crippen molar-refractivity contribution in [3.63, 3.8) is 0 Å². The van der Waals surface area contributed by atoms with Crippen molar-refractivity contribution in [3.8, 4) is 0 Å².